The summed E-state index contributed by atoms with van der Waals surface area (Å²) in [6.45, 7) is 4.31. The van der Waals surface area contributed by atoms with Gasteiger partial charge in [-0.3, -0.25) is 14.1 Å². The van der Waals surface area contributed by atoms with Crippen molar-refractivity contribution in [2.75, 3.05) is 5.75 Å². The topological polar surface area (TPSA) is 155 Å². The normalized spacial score (nSPS) is 25.3. The molecule has 9 nitrogen and oxygen atoms in total. The van der Waals surface area contributed by atoms with Gasteiger partial charge in [0.25, 0.3) is 0 Å². The van der Waals surface area contributed by atoms with Crippen molar-refractivity contribution in [1.82, 2.24) is 10.2 Å². The Balaban J connectivity index is 2.69. The van der Waals surface area contributed by atoms with Crippen LogP contribution < -0.4 is 15.3 Å². The molecule has 0 aromatic heterocycles. The maximum atomic E-state index is 14.4. The van der Waals surface area contributed by atoms with E-state index < -0.39 is 32.8 Å². The first kappa shape index (κ1) is 19.0. The number of amidine groups is 1. The molecule has 25 heavy (non-hydrogen) atoms. The summed E-state index contributed by atoms with van der Waals surface area (Å²) in [5.74, 6) is -1.23. The van der Waals surface area contributed by atoms with Crippen LogP contribution in [0.3, 0.4) is 0 Å². The Morgan fingerprint density at radius 3 is 2.68 bits per heavy atom. The van der Waals surface area contributed by atoms with Crippen LogP contribution >= 0.6 is 10.6 Å². The Hall–Kier alpha value is -2.33. The number of aliphatic imine (C=N–C) groups is 1. The highest BCUT2D eigenvalue weighted by Gasteiger charge is 2.50. The molecule has 1 unspecified atom stereocenters. The number of carbonyl (C=O) groups excluding carboxylic acids is 1. The zero-order valence-corrected chi connectivity index (χ0v) is 14.6. The minimum absolute atomic E-state index is 0.0227. The molecule has 0 spiro atoms. The van der Waals surface area contributed by atoms with Gasteiger partial charge in [0, 0.05) is 5.56 Å². The molecule has 4 N–H and O–H groups in total. The van der Waals surface area contributed by atoms with E-state index in [1.165, 1.54) is 32.9 Å². The van der Waals surface area contributed by atoms with Crippen LogP contribution in [0.2, 0.25) is 0 Å². The summed E-state index contributed by atoms with van der Waals surface area (Å²) in [4.78, 5) is 18.1. The molecule has 0 saturated heterocycles. The lowest BCUT2D eigenvalue weighted by atomic mass is 9.92. The van der Waals surface area contributed by atoms with Crippen molar-refractivity contribution in [3.05, 3.63) is 29.6 Å². The molecule has 0 fully saturated rings. The number of carbonyl (C=O) groups is 1. The maximum Gasteiger partial charge on any atom is 0.220 e. The summed E-state index contributed by atoms with van der Waals surface area (Å²) in [6, 6.07) is 3.67. The average Bonchev–Trinajstić information content (AvgIpc) is 2.46. The van der Waals surface area contributed by atoms with Crippen LogP contribution in [0, 0.1) is 11.3 Å². The van der Waals surface area contributed by atoms with E-state index in [9.17, 15) is 23.4 Å². The summed E-state index contributed by atoms with van der Waals surface area (Å²) >= 11 is 0. The van der Waals surface area contributed by atoms with Crippen LogP contribution in [-0.4, -0.2) is 31.5 Å². The highest BCUT2D eigenvalue weighted by atomic mass is 32.3. The second-order valence-electron chi connectivity index (χ2n) is 6.33. The Bertz CT molecular complexity index is 806. The van der Waals surface area contributed by atoms with Crippen molar-refractivity contribution < 1.29 is 23.4 Å². The van der Waals surface area contributed by atoms with Crippen molar-refractivity contribution in [2.45, 2.75) is 31.1 Å². The molecule has 0 saturated carbocycles. The number of carboxylic acid groups (broad SMARTS) is 1. The Kier molecular flexibility index (Phi) is 4.71. The SMILES string of the molecule is CC1(c2cc(N=[N+]=N)ccc2F)CS(O)(O)C(C)(C)C(NC(=O)[O-])=N1. The van der Waals surface area contributed by atoms with E-state index in [0.717, 1.165) is 6.07 Å². The fourth-order valence-corrected chi connectivity index (χ4v) is 4.37. The van der Waals surface area contributed by atoms with Crippen LogP contribution in [0.4, 0.5) is 14.9 Å². The third kappa shape index (κ3) is 3.40. The van der Waals surface area contributed by atoms with Gasteiger partial charge < -0.3 is 15.2 Å². The van der Waals surface area contributed by atoms with Gasteiger partial charge in [-0.05, 0) is 39.0 Å². The molecule has 1 aliphatic heterocycles. The molecule has 2 rings (SSSR count). The summed E-state index contributed by atoms with van der Waals surface area (Å²) in [5, 5.41) is 16.4. The van der Waals surface area contributed by atoms with Gasteiger partial charge >= 0.3 is 0 Å². The van der Waals surface area contributed by atoms with Crippen molar-refractivity contribution in [1.29, 1.82) is 5.53 Å². The Labute approximate surface area is 144 Å². The molecule has 0 bridgehead atoms. The van der Waals surface area contributed by atoms with Gasteiger partial charge in [-0.2, -0.15) is 10.6 Å². The van der Waals surface area contributed by atoms with E-state index in [2.05, 4.69) is 15.0 Å². The van der Waals surface area contributed by atoms with E-state index in [0.29, 0.717) is 0 Å². The number of halogens is 1. The molecule has 0 aliphatic carbocycles. The minimum Gasteiger partial charge on any atom is -0.530 e. The number of nitrogens with one attached hydrogen (secondary N) is 2. The fourth-order valence-electron chi connectivity index (χ4n) is 2.60. The van der Waals surface area contributed by atoms with Crippen molar-refractivity contribution in [3.8, 4) is 0 Å². The average molecular weight is 371 g/mol. The molecule has 11 heteroatoms. The van der Waals surface area contributed by atoms with Crippen LogP contribution in [0.15, 0.2) is 28.3 Å². The summed E-state index contributed by atoms with van der Waals surface area (Å²) in [6.07, 6.45) is -1.66. The van der Waals surface area contributed by atoms with E-state index in [4.69, 9.17) is 5.53 Å². The van der Waals surface area contributed by atoms with Crippen LogP contribution in [-0.2, 0) is 5.54 Å². The lowest BCUT2D eigenvalue weighted by Crippen LogP contribution is -2.57. The van der Waals surface area contributed by atoms with Gasteiger partial charge in [0.2, 0.25) is 4.91 Å². The number of nitrogens with zero attached hydrogens (tertiary/aromatic N) is 3. The number of benzene rings is 1. The molecule has 1 aliphatic rings. The molecule has 1 heterocycles. The molecule has 136 valence electrons. The third-order valence-corrected chi connectivity index (χ3v) is 6.94. The van der Waals surface area contributed by atoms with Crippen LogP contribution in [0.25, 0.3) is 0 Å². The van der Waals surface area contributed by atoms with Gasteiger partial charge in [-0.15, -0.1) is 0 Å². The molecule has 1 aromatic carbocycles. The summed E-state index contributed by atoms with van der Waals surface area (Å²) < 4.78 is 34.1. The van der Waals surface area contributed by atoms with Gasteiger partial charge in [0.1, 0.15) is 33.6 Å². The van der Waals surface area contributed by atoms with Crippen molar-refractivity contribution in [3.63, 3.8) is 0 Å². The summed E-state index contributed by atoms with van der Waals surface area (Å²) in [7, 11) is -3.40. The van der Waals surface area contributed by atoms with Crippen LogP contribution in [0.5, 0.6) is 0 Å². The van der Waals surface area contributed by atoms with Crippen LogP contribution in [0.1, 0.15) is 26.3 Å². The highest BCUT2D eigenvalue weighted by Crippen LogP contribution is 2.59. The zero-order valence-electron chi connectivity index (χ0n) is 13.8. The quantitative estimate of drug-likeness (QED) is 0.464. The second-order valence-corrected chi connectivity index (χ2v) is 8.98. The molecule has 1 aromatic rings. The predicted molar refractivity (Wildman–Crippen MR) is 88.5 cm³/mol. The largest absolute Gasteiger partial charge is 0.530 e. The highest BCUT2D eigenvalue weighted by molar-refractivity contribution is 8.26. The van der Waals surface area contributed by atoms with Crippen molar-refractivity contribution >= 4 is 28.2 Å². The molecule has 0 radical (unpaired) electrons. The first-order chi connectivity index (χ1) is 11.4. The first-order valence-corrected chi connectivity index (χ1v) is 8.86. The van der Waals surface area contributed by atoms with Gasteiger partial charge in [0.05, 0.1) is 5.75 Å². The first-order valence-electron chi connectivity index (χ1n) is 7.14. The Morgan fingerprint density at radius 1 is 1.48 bits per heavy atom. The lowest BCUT2D eigenvalue weighted by molar-refractivity contribution is -0.248. The van der Waals surface area contributed by atoms with Gasteiger partial charge in [-0.25, -0.2) is 4.39 Å². The monoisotopic (exact) mass is 371 g/mol. The summed E-state index contributed by atoms with van der Waals surface area (Å²) in [5.41, 5.74) is 5.45. The number of rotatable bonds is 2. The molecule has 1 amide bonds. The van der Waals surface area contributed by atoms with E-state index in [1.54, 1.807) is 0 Å². The smallest absolute Gasteiger partial charge is 0.220 e. The molecular weight excluding hydrogens is 353 g/mol. The fraction of sp³-hybridized carbons (Fsp3) is 0.429. The Morgan fingerprint density at radius 2 is 2.12 bits per heavy atom. The lowest BCUT2D eigenvalue weighted by Gasteiger charge is -2.54. The standard InChI is InChI=1S/C14H18FN5O4S/c1-13(2)11(17-12(21)22)18-14(3,7-25(13,23)24)9-6-8(19-20-16)4-5-10(9)15/h4-6,16H,7H2,1-3H3,(H3-,17,18,21,22,23,24). The van der Waals surface area contributed by atoms with Gasteiger partial charge in [0.15, 0.2) is 10.8 Å². The number of hydrogen-bond acceptors (Lipinski definition) is 7. The van der Waals surface area contributed by atoms with Crippen molar-refractivity contribution in [2.24, 2.45) is 10.1 Å². The van der Waals surface area contributed by atoms with E-state index in [-0.39, 0.29) is 22.8 Å². The van der Waals surface area contributed by atoms with E-state index in [1.807, 2.05) is 5.32 Å². The third-order valence-electron chi connectivity index (χ3n) is 4.14. The minimum atomic E-state index is -3.40. The van der Waals surface area contributed by atoms with E-state index >= 15 is 0 Å². The predicted octanol–water partition coefficient (Wildman–Crippen LogP) is 2.10. The molecular formula is C14H18FN5O4S. The zero-order chi connectivity index (χ0) is 19.0. The van der Waals surface area contributed by atoms with Gasteiger partial charge in [-0.1, -0.05) is 0 Å². The number of hydrogen-bond donors (Lipinski definition) is 4. The second kappa shape index (κ2) is 6.19. The molecule has 1 atom stereocenters. The maximum absolute atomic E-state index is 14.4. The number of amides is 1.